The fourth-order valence-corrected chi connectivity index (χ4v) is 3.03. The molecule has 0 spiro atoms. The maximum Gasteiger partial charge on any atom is 0.270 e. The van der Waals surface area contributed by atoms with Crippen LogP contribution in [0.3, 0.4) is 0 Å². The van der Waals surface area contributed by atoms with E-state index in [2.05, 4.69) is 51.4 Å². The molecule has 144 valence electrons. The summed E-state index contributed by atoms with van der Waals surface area (Å²) in [5.41, 5.74) is 2.88. The van der Waals surface area contributed by atoms with Gasteiger partial charge in [0.2, 0.25) is 0 Å². The Bertz CT molecular complexity index is 868. The topological polar surface area (TPSA) is 58.1 Å². The molecule has 0 saturated carbocycles. The molecule has 0 unspecified atom stereocenters. The molecular formula is C23H26N4O. The molecule has 5 nitrogen and oxygen atoms in total. The number of carbonyl (C=O) groups excluding carboxylic acids is 1. The van der Waals surface area contributed by atoms with Gasteiger partial charge in [-0.25, -0.2) is 9.97 Å². The van der Waals surface area contributed by atoms with E-state index < -0.39 is 0 Å². The van der Waals surface area contributed by atoms with Gasteiger partial charge in [0.15, 0.2) is 0 Å². The molecular weight excluding hydrogens is 348 g/mol. The number of hydrogen-bond donors (Lipinski definition) is 1. The standard InChI is InChI=1S/C23H26N4O/c1-2-27(17-20-12-7-4-8-13-20)22-16-21(25-18-26-22)23(28)24-15-9-14-19-10-5-3-6-11-19/h3-8,10-13,16,18H,2,9,14-15,17H2,1H3,(H,24,28). The van der Waals surface area contributed by atoms with Gasteiger partial charge in [0.05, 0.1) is 0 Å². The lowest BCUT2D eigenvalue weighted by atomic mass is 10.1. The van der Waals surface area contributed by atoms with E-state index in [9.17, 15) is 4.79 Å². The van der Waals surface area contributed by atoms with Crippen molar-refractivity contribution in [3.63, 3.8) is 0 Å². The molecule has 28 heavy (non-hydrogen) atoms. The Morgan fingerprint density at radius 1 is 0.964 bits per heavy atom. The molecule has 0 aliphatic rings. The average Bonchev–Trinajstić information content (AvgIpc) is 2.76. The third-order valence-corrected chi connectivity index (χ3v) is 4.58. The van der Waals surface area contributed by atoms with E-state index >= 15 is 0 Å². The maximum absolute atomic E-state index is 12.5. The predicted octanol–water partition coefficient (Wildman–Crippen LogP) is 3.87. The highest BCUT2D eigenvalue weighted by molar-refractivity contribution is 5.92. The van der Waals surface area contributed by atoms with Crippen LogP contribution in [0.15, 0.2) is 73.1 Å². The SMILES string of the molecule is CCN(Cc1ccccc1)c1cc(C(=O)NCCCc2ccccc2)ncn1. The third kappa shape index (κ3) is 5.64. The molecule has 0 bridgehead atoms. The van der Waals surface area contributed by atoms with Gasteiger partial charge >= 0.3 is 0 Å². The van der Waals surface area contributed by atoms with Crippen LogP contribution in [0.25, 0.3) is 0 Å². The van der Waals surface area contributed by atoms with Crippen LogP contribution >= 0.6 is 0 Å². The molecule has 1 aromatic heterocycles. The highest BCUT2D eigenvalue weighted by Crippen LogP contribution is 2.15. The molecule has 1 amide bonds. The summed E-state index contributed by atoms with van der Waals surface area (Å²) in [6.45, 7) is 4.24. The fourth-order valence-electron chi connectivity index (χ4n) is 3.03. The van der Waals surface area contributed by atoms with Gasteiger partial charge in [0.25, 0.3) is 5.91 Å². The second kappa shape index (κ2) is 10.2. The molecule has 0 aliphatic carbocycles. The number of nitrogens with zero attached hydrogens (tertiary/aromatic N) is 3. The number of benzene rings is 2. The number of aromatic nitrogens is 2. The normalized spacial score (nSPS) is 10.5. The average molecular weight is 374 g/mol. The van der Waals surface area contributed by atoms with Gasteiger partial charge in [-0.15, -0.1) is 0 Å². The molecule has 0 saturated heterocycles. The van der Waals surface area contributed by atoms with Crippen molar-refractivity contribution in [2.75, 3.05) is 18.0 Å². The summed E-state index contributed by atoms with van der Waals surface area (Å²) in [4.78, 5) is 23.1. The summed E-state index contributed by atoms with van der Waals surface area (Å²) in [6.07, 6.45) is 3.29. The smallest absolute Gasteiger partial charge is 0.270 e. The van der Waals surface area contributed by atoms with Crippen LogP contribution < -0.4 is 10.2 Å². The van der Waals surface area contributed by atoms with Gasteiger partial charge in [-0.1, -0.05) is 60.7 Å². The summed E-state index contributed by atoms with van der Waals surface area (Å²) >= 11 is 0. The second-order valence-electron chi connectivity index (χ2n) is 6.61. The highest BCUT2D eigenvalue weighted by Gasteiger charge is 2.12. The molecule has 1 heterocycles. The van der Waals surface area contributed by atoms with Crippen LogP contribution in [0.5, 0.6) is 0 Å². The van der Waals surface area contributed by atoms with Crippen molar-refractivity contribution < 1.29 is 4.79 Å². The molecule has 5 heteroatoms. The van der Waals surface area contributed by atoms with E-state index in [1.807, 2.05) is 36.4 Å². The first-order chi connectivity index (χ1) is 13.8. The van der Waals surface area contributed by atoms with Gasteiger partial charge < -0.3 is 10.2 Å². The van der Waals surface area contributed by atoms with Crippen molar-refractivity contribution in [1.29, 1.82) is 0 Å². The predicted molar refractivity (Wildman–Crippen MR) is 112 cm³/mol. The van der Waals surface area contributed by atoms with Crippen molar-refractivity contribution >= 4 is 11.7 Å². The Morgan fingerprint density at radius 2 is 1.64 bits per heavy atom. The molecule has 3 rings (SSSR count). The molecule has 3 aromatic rings. The largest absolute Gasteiger partial charge is 0.352 e. The second-order valence-corrected chi connectivity index (χ2v) is 6.61. The summed E-state index contributed by atoms with van der Waals surface area (Å²) in [7, 11) is 0. The van der Waals surface area contributed by atoms with Crippen molar-refractivity contribution in [2.45, 2.75) is 26.3 Å². The van der Waals surface area contributed by atoms with E-state index in [4.69, 9.17) is 0 Å². The lowest BCUT2D eigenvalue weighted by molar-refractivity contribution is 0.0948. The summed E-state index contributed by atoms with van der Waals surface area (Å²) in [6, 6.07) is 22.3. The van der Waals surface area contributed by atoms with Crippen molar-refractivity contribution in [2.24, 2.45) is 0 Å². The van der Waals surface area contributed by atoms with E-state index in [1.165, 1.54) is 17.5 Å². The third-order valence-electron chi connectivity index (χ3n) is 4.58. The zero-order valence-corrected chi connectivity index (χ0v) is 16.2. The summed E-state index contributed by atoms with van der Waals surface area (Å²) in [5.74, 6) is 0.600. The highest BCUT2D eigenvalue weighted by atomic mass is 16.1. The monoisotopic (exact) mass is 374 g/mol. The minimum absolute atomic E-state index is 0.160. The molecule has 1 N–H and O–H groups in total. The Labute approximate surface area is 166 Å². The van der Waals surface area contributed by atoms with Gasteiger partial charge in [-0.2, -0.15) is 0 Å². The fraction of sp³-hybridized carbons (Fsp3) is 0.261. The van der Waals surface area contributed by atoms with Crippen molar-refractivity contribution in [1.82, 2.24) is 15.3 Å². The minimum Gasteiger partial charge on any atom is -0.352 e. The van der Waals surface area contributed by atoms with Gasteiger partial charge in [-0.05, 0) is 30.9 Å². The minimum atomic E-state index is -0.160. The van der Waals surface area contributed by atoms with E-state index in [-0.39, 0.29) is 5.91 Å². The first kappa shape index (κ1) is 19.5. The number of rotatable bonds is 9. The van der Waals surface area contributed by atoms with Crippen LogP contribution in [0.1, 0.15) is 35.0 Å². The van der Waals surface area contributed by atoms with Crippen molar-refractivity contribution in [3.05, 3.63) is 89.9 Å². The number of carbonyl (C=O) groups is 1. The van der Waals surface area contributed by atoms with Gasteiger partial charge in [0.1, 0.15) is 17.8 Å². The van der Waals surface area contributed by atoms with Crippen LogP contribution in [0.2, 0.25) is 0 Å². The Balaban J connectivity index is 1.56. The lowest BCUT2D eigenvalue weighted by Crippen LogP contribution is -2.27. The quantitative estimate of drug-likeness (QED) is 0.578. The number of hydrogen-bond acceptors (Lipinski definition) is 4. The maximum atomic E-state index is 12.5. The Morgan fingerprint density at radius 3 is 2.32 bits per heavy atom. The Kier molecular flexibility index (Phi) is 7.13. The number of anilines is 1. The first-order valence-electron chi connectivity index (χ1n) is 9.69. The zero-order valence-electron chi connectivity index (χ0n) is 16.2. The number of aryl methyl sites for hydroxylation is 1. The number of nitrogens with one attached hydrogen (secondary N) is 1. The van der Waals surface area contributed by atoms with E-state index in [1.54, 1.807) is 6.07 Å². The Hall–Kier alpha value is -3.21. The molecule has 0 radical (unpaired) electrons. The number of amides is 1. The summed E-state index contributed by atoms with van der Waals surface area (Å²) in [5, 5.41) is 2.96. The van der Waals surface area contributed by atoms with E-state index in [0.717, 1.165) is 31.7 Å². The van der Waals surface area contributed by atoms with Crippen LogP contribution in [0.4, 0.5) is 5.82 Å². The molecule has 0 aliphatic heterocycles. The summed E-state index contributed by atoms with van der Waals surface area (Å²) < 4.78 is 0. The zero-order chi connectivity index (χ0) is 19.6. The molecule has 0 atom stereocenters. The van der Waals surface area contributed by atoms with Gasteiger partial charge in [0, 0.05) is 25.7 Å². The van der Waals surface area contributed by atoms with Crippen LogP contribution in [0, 0.1) is 0 Å². The van der Waals surface area contributed by atoms with E-state index in [0.29, 0.717) is 12.2 Å². The van der Waals surface area contributed by atoms with Crippen LogP contribution in [-0.4, -0.2) is 29.0 Å². The molecule has 0 fully saturated rings. The lowest BCUT2D eigenvalue weighted by Gasteiger charge is -2.22. The first-order valence-corrected chi connectivity index (χ1v) is 9.69. The van der Waals surface area contributed by atoms with Crippen LogP contribution in [-0.2, 0) is 13.0 Å². The molecule has 2 aromatic carbocycles. The van der Waals surface area contributed by atoms with Gasteiger partial charge in [-0.3, -0.25) is 4.79 Å². The van der Waals surface area contributed by atoms with Crippen molar-refractivity contribution in [3.8, 4) is 0 Å².